The summed E-state index contributed by atoms with van der Waals surface area (Å²) >= 11 is 0. The second kappa shape index (κ2) is 11.2. The van der Waals surface area contributed by atoms with Crippen molar-refractivity contribution in [3.8, 4) is 46.1 Å². The van der Waals surface area contributed by atoms with Gasteiger partial charge in [0.05, 0.1) is 22.1 Å². The summed E-state index contributed by atoms with van der Waals surface area (Å²) in [6, 6.07) is 42.9. The van der Waals surface area contributed by atoms with Crippen molar-refractivity contribution in [2.75, 3.05) is 0 Å². The minimum Gasteiger partial charge on any atom is -0.278 e. The van der Waals surface area contributed by atoms with Crippen LogP contribution in [0.2, 0.25) is 0 Å². The highest BCUT2D eigenvalue weighted by atomic mass is 15.2. The smallest absolute Gasteiger partial charge is 0.234 e. The molecule has 5 heterocycles. The van der Waals surface area contributed by atoms with E-state index in [0.29, 0.717) is 29.4 Å². The van der Waals surface area contributed by atoms with Crippen LogP contribution in [0.5, 0.6) is 0 Å². The van der Waals surface area contributed by atoms with Gasteiger partial charge in [0, 0.05) is 63.0 Å². The molecule has 5 aromatic carbocycles. The summed E-state index contributed by atoms with van der Waals surface area (Å²) in [7, 11) is 0. The van der Waals surface area contributed by atoms with Crippen molar-refractivity contribution in [2.45, 2.75) is 0 Å². The summed E-state index contributed by atoms with van der Waals surface area (Å²) in [5, 5.41) is 4.31. The third kappa shape index (κ3) is 4.45. The van der Waals surface area contributed by atoms with Crippen LogP contribution in [0.4, 0.5) is 0 Å². The van der Waals surface area contributed by atoms with Crippen molar-refractivity contribution in [3.05, 3.63) is 152 Å². The van der Waals surface area contributed by atoms with E-state index in [1.165, 1.54) is 0 Å². The Balaban J connectivity index is 1.18. The van der Waals surface area contributed by atoms with Gasteiger partial charge < -0.3 is 0 Å². The molecule has 0 fully saturated rings. The van der Waals surface area contributed by atoms with Gasteiger partial charge in [0.25, 0.3) is 0 Å². The number of aromatic nitrogens is 9. The Morgan fingerprint density at radius 3 is 1.20 bits per heavy atom. The SMILES string of the molecule is c1ccc(-c2nc(-c3ccc4c(c3)c3ccccc3n4-c3ncccn3)nc(-c3ccc4c(c3)c3ccccc3n4-c3ncccn3)n2)cc1. The molecule has 0 unspecified atom stereocenters. The predicted molar refractivity (Wildman–Crippen MR) is 196 cm³/mol. The summed E-state index contributed by atoms with van der Waals surface area (Å²) in [4.78, 5) is 33.4. The summed E-state index contributed by atoms with van der Waals surface area (Å²) in [5.74, 6) is 3.02. The number of rotatable bonds is 5. The fourth-order valence-electron chi connectivity index (χ4n) is 6.82. The first-order chi connectivity index (χ1) is 24.8. The second-order valence-electron chi connectivity index (χ2n) is 11.9. The molecule has 0 aliphatic carbocycles. The van der Waals surface area contributed by atoms with Crippen LogP contribution in [-0.2, 0) is 0 Å². The van der Waals surface area contributed by atoms with Crippen LogP contribution in [0.15, 0.2) is 152 Å². The quantitative estimate of drug-likeness (QED) is 0.185. The molecule has 50 heavy (non-hydrogen) atoms. The monoisotopic (exact) mass is 643 g/mol. The van der Waals surface area contributed by atoms with Gasteiger partial charge in [-0.1, -0.05) is 66.7 Å². The maximum absolute atomic E-state index is 5.12. The molecule has 234 valence electrons. The van der Waals surface area contributed by atoms with Crippen molar-refractivity contribution in [2.24, 2.45) is 0 Å². The van der Waals surface area contributed by atoms with E-state index in [4.69, 9.17) is 15.0 Å². The van der Waals surface area contributed by atoms with E-state index in [1.54, 1.807) is 24.8 Å². The Kier molecular flexibility index (Phi) is 6.28. The van der Waals surface area contributed by atoms with E-state index in [2.05, 4.69) is 102 Å². The lowest BCUT2D eigenvalue weighted by molar-refractivity contribution is 0.988. The summed E-state index contributed by atoms with van der Waals surface area (Å²) < 4.78 is 4.18. The third-order valence-electron chi connectivity index (χ3n) is 9.03. The first-order valence-corrected chi connectivity index (χ1v) is 16.2. The molecular weight excluding hydrogens is 619 g/mol. The maximum Gasteiger partial charge on any atom is 0.234 e. The van der Waals surface area contributed by atoms with Crippen LogP contribution < -0.4 is 0 Å². The molecule has 0 saturated carbocycles. The van der Waals surface area contributed by atoms with Gasteiger partial charge in [-0.05, 0) is 60.7 Å². The maximum atomic E-state index is 5.12. The predicted octanol–water partition coefficient (Wildman–Crippen LogP) is 8.65. The zero-order chi connectivity index (χ0) is 33.0. The van der Waals surface area contributed by atoms with Crippen molar-refractivity contribution < 1.29 is 0 Å². The second-order valence-corrected chi connectivity index (χ2v) is 11.9. The number of nitrogens with zero attached hydrogens (tertiary/aromatic N) is 9. The Labute approximate surface area is 285 Å². The van der Waals surface area contributed by atoms with Crippen molar-refractivity contribution in [1.82, 2.24) is 44.0 Å². The zero-order valence-corrected chi connectivity index (χ0v) is 26.5. The van der Waals surface area contributed by atoms with Crippen LogP contribution in [0.1, 0.15) is 0 Å². The van der Waals surface area contributed by atoms with Crippen LogP contribution in [0.3, 0.4) is 0 Å². The van der Waals surface area contributed by atoms with Crippen LogP contribution in [-0.4, -0.2) is 44.0 Å². The van der Waals surface area contributed by atoms with Gasteiger partial charge in [0.1, 0.15) is 0 Å². The molecule has 0 spiro atoms. The van der Waals surface area contributed by atoms with E-state index in [0.717, 1.165) is 60.3 Å². The lowest BCUT2D eigenvalue weighted by Gasteiger charge is -2.10. The third-order valence-corrected chi connectivity index (χ3v) is 9.03. The fraction of sp³-hybridized carbons (Fsp3) is 0. The van der Waals surface area contributed by atoms with Crippen LogP contribution in [0, 0.1) is 0 Å². The molecule has 0 bridgehead atoms. The normalized spacial score (nSPS) is 11.6. The lowest BCUT2D eigenvalue weighted by Crippen LogP contribution is -2.01. The Bertz CT molecular complexity index is 2690. The van der Waals surface area contributed by atoms with Gasteiger partial charge in [-0.2, -0.15) is 0 Å². The molecule has 0 radical (unpaired) electrons. The minimum atomic E-state index is 0.587. The molecule has 10 rings (SSSR count). The van der Waals surface area contributed by atoms with E-state index in [1.807, 2.05) is 54.6 Å². The number of benzene rings is 5. The molecule has 0 N–H and O–H groups in total. The first kappa shape index (κ1) is 27.9. The summed E-state index contributed by atoms with van der Waals surface area (Å²) in [5.41, 5.74) is 6.74. The summed E-state index contributed by atoms with van der Waals surface area (Å²) in [6.45, 7) is 0. The number of para-hydroxylation sites is 2. The van der Waals surface area contributed by atoms with Gasteiger partial charge in [-0.25, -0.2) is 34.9 Å². The molecule has 9 nitrogen and oxygen atoms in total. The molecule has 0 aliphatic rings. The lowest BCUT2D eigenvalue weighted by atomic mass is 10.1. The largest absolute Gasteiger partial charge is 0.278 e. The number of hydrogen-bond acceptors (Lipinski definition) is 7. The molecule has 0 saturated heterocycles. The first-order valence-electron chi connectivity index (χ1n) is 16.2. The van der Waals surface area contributed by atoms with E-state index in [-0.39, 0.29) is 0 Å². The molecule has 5 aromatic heterocycles. The summed E-state index contributed by atoms with van der Waals surface area (Å²) in [6.07, 6.45) is 7.05. The van der Waals surface area contributed by atoms with Gasteiger partial charge in [-0.15, -0.1) is 0 Å². The molecule has 0 atom stereocenters. The molecule has 10 aromatic rings. The van der Waals surface area contributed by atoms with Crippen molar-refractivity contribution >= 4 is 43.6 Å². The Hall–Kier alpha value is -7.13. The molecule has 9 heteroatoms. The topological polar surface area (TPSA) is 100 Å². The van der Waals surface area contributed by atoms with Gasteiger partial charge in [0.15, 0.2) is 17.5 Å². The standard InChI is InChI=1S/C41H25N9/c1-2-10-26(11-3-1)37-46-38(27-16-18-35-31(24-27)29-12-4-6-14-33(29)49(35)40-42-20-8-21-43-40)48-39(47-37)28-17-19-36-32(25-28)30-13-5-7-15-34(30)50(36)41-44-22-9-23-45-41/h1-25H. The van der Waals surface area contributed by atoms with Gasteiger partial charge in [-0.3, -0.25) is 9.13 Å². The minimum absolute atomic E-state index is 0.587. The van der Waals surface area contributed by atoms with E-state index < -0.39 is 0 Å². The highest BCUT2D eigenvalue weighted by Gasteiger charge is 2.19. The van der Waals surface area contributed by atoms with E-state index in [9.17, 15) is 0 Å². The number of fused-ring (bicyclic) bond motifs is 6. The van der Waals surface area contributed by atoms with E-state index >= 15 is 0 Å². The zero-order valence-electron chi connectivity index (χ0n) is 26.5. The highest BCUT2D eigenvalue weighted by Crippen LogP contribution is 2.36. The molecule has 0 aliphatic heterocycles. The molecule has 0 amide bonds. The van der Waals surface area contributed by atoms with Gasteiger partial charge in [0.2, 0.25) is 11.9 Å². The van der Waals surface area contributed by atoms with Gasteiger partial charge >= 0.3 is 0 Å². The Morgan fingerprint density at radius 1 is 0.320 bits per heavy atom. The van der Waals surface area contributed by atoms with Crippen LogP contribution in [0.25, 0.3) is 89.7 Å². The Morgan fingerprint density at radius 2 is 0.720 bits per heavy atom. The highest BCUT2D eigenvalue weighted by molar-refractivity contribution is 6.11. The average Bonchev–Trinajstić information content (AvgIpc) is 3.71. The number of hydrogen-bond donors (Lipinski definition) is 0. The van der Waals surface area contributed by atoms with Crippen molar-refractivity contribution in [3.63, 3.8) is 0 Å². The average molecular weight is 644 g/mol. The molecular formula is C41H25N9. The van der Waals surface area contributed by atoms with Crippen molar-refractivity contribution in [1.29, 1.82) is 0 Å². The van der Waals surface area contributed by atoms with Crippen LogP contribution >= 0.6 is 0 Å². The fourth-order valence-corrected chi connectivity index (χ4v) is 6.82.